The predicted molar refractivity (Wildman–Crippen MR) is 65.1 cm³/mol. The smallest absolute Gasteiger partial charge is 0.213 e. The Labute approximate surface area is 101 Å². The van der Waals surface area contributed by atoms with E-state index in [1.165, 1.54) is 0 Å². The molecule has 0 radical (unpaired) electrons. The van der Waals surface area contributed by atoms with Crippen molar-refractivity contribution in [3.05, 3.63) is 23.9 Å². The fourth-order valence-corrected chi connectivity index (χ4v) is 1.37. The lowest BCUT2D eigenvalue weighted by atomic mass is 10.3. The first-order valence-electron chi connectivity index (χ1n) is 5.30. The average molecular weight is 238 g/mol. The highest BCUT2D eigenvalue weighted by Gasteiger charge is 2.04. The highest BCUT2D eigenvalue weighted by atomic mass is 16.5. The van der Waals surface area contributed by atoms with Crippen molar-refractivity contribution in [3.8, 4) is 5.88 Å². The summed E-state index contributed by atoms with van der Waals surface area (Å²) < 4.78 is 5.05. The van der Waals surface area contributed by atoms with Crippen LogP contribution >= 0.6 is 0 Å². The predicted octanol–water partition coefficient (Wildman–Crippen LogP) is 0.659. The van der Waals surface area contributed by atoms with Gasteiger partial charge in [-0.05, 0) is 13.1 Å². The van der Waals surface area contributed by atoms with Crippen LogP contribution in [0.25, 0.3) is 0 Å². The normalized spacial score (nSPS) is 11.8. The molecule has 1 aromatic rings. The third-order valence-corrected chi connectivity index (χ3v) is 2.30. The van der Waals surface area contributed by atoms with Crippen molar-refractivity contribution < 1.29 is 9.94 Å². The molecule has 0 aliphatic carbocycles. The Balaban J connectivity index is 2.47. The van der Waals surface area contributed by atoms with Crippen LogP contribution in [0, 0.1) is 0 Å². The van der Waals surface area contributed by atoms with E-state index in [1.54, 1.807) is 13.2 Å². The number of amidine groups is 1. The lowest BCUT2D eigenvalue weighted by molar-refractivity contribution is 0.308. The third kappa shape index (κ3) is 4.69. The van der Waals surface area contributed by atoms with Crippen LogP contribution in [0.2, 0.25) is 0 Å². The Hall–Kier alpha value is -1.82. The van der Waals surface area contributed by atoms with Crippen molar-refractivity contribution in [3.63, 3.8) is 0 Å². The van der Waals surface area contributed by atoms with Gasteiger partial charge in [-0.1, -0.05) is 11.2 Å². The van der Waals surface area contributed by atoms with Gasteiger partial charge in [-0.15, -0.1) is 0 Å². The molecule has 94 valence electrons. The maximum atomic E-state index is 8.42. The monoisotopic (exact) mass is 238 g/mol. The molecule has 1 heterocycles. The second-order valence-corrected chi connectivity index (χ2v) is 3.75. The van der Waals surface area contributed by atoms with Gasteiger partial charge in [0.05, 0.1) is 12.8 Å². The van der Waals surface area contributed by atoms with Gasteiger partial charge in [0.25, 0.3) is 0 Å². The summed E-state index contributed by atoms with van der Waals surface area (Å²) in [6.45, 7) is 1.39. The largest absolute Gasteiger partial charge is 0.481 e. The minimum absolute atomic E-state index is 0.232. The Morgan fingerprint density at radius 2 is 2.35 bits per heavy atom. The molecule has 0 spiro atoms. The van der Waals surface area contributed by atoms with E-state index < -0.39 is 0 Å². The van der Waals surface area contributed by atoms with Crippen molar-refractivity contribution in [2.45, 2.75) is 13.0 Å². The van der Waals surface area contributed by atoms with E-state index in [1.807, 2.05) is 24.1 Å². The van der Waals surface area contributed by atoms with E-state index in [2.05, 4.69) is 10.1 Å². The Kier molecular flexibility index (Phi) is 5.22. The summed E-state index contributed by atoms with van der Waals surface area (Å²) in [5, 5.41) is 11.3. The molecule has 0 aliphatic heterocycles. The van der Waals surface area contributed by atoms with Crippen LogP contribution in [-0.4, -0.2) is 41.6 Å². The van der Waals surface area contributed by atoms with Crippen LogP contribution in [0.3, 0.4) is 0 Å². The summed E-state index contributed by atoms with van der Waals surface area (Å²) in [6, 6.07) is 5.64. The summed E-state index contributed by atoms with van der Waals surface area (Å²) in [7, 11) is 3.54. The Morgan fingerprint density at radius 1 is 1.59 bits per heavy atom. The van der Waals surface area contributed by atoms with Gasteiger partial charge in [0, 0.05) is 25.6 Å². The molecule has 6 nitrogen and oxygen atoms in total. The number of hydrogen-bond donors (Lipinski definition) is 2. The van der Waals surface area contributed by atoms with Crippen molar-refractivity contribution in [2.24, 2.45) is 10.9 Å². The standard InChI is InChI=1S/C11H18N4O2/c1-15(7-6-10(12)14-16)8-9-4-3-5-11(13-9)17-2/h3-5,16H,6-8H2,1-2H3,(H2,12,14). The molecule has 0 aromatic carbocycles. The molecular formula is C11H18N4O2. The molecule has 3 N–H and O–H groups in total. The number of oxime groups is 1. The number of nitrogens with zero attached hydrogens (tertiary/aromatic N) is 3. The summed E-state index contributed by atoms with van der Waals surface area (Å²) >= 11 is 0. The van der Waals surface area contributed by atoms with Crippen LogP contribution in [0.5, 0.6) is 5.88 Å². The molecule has 0 saturated heterocycles. The lowest BCUT2D eigenvalue weighted by Crippen LogP contribution is -2.24. The van der Waals surface area contributed by atoms with Crippen LogP contribution < -0.4 is 10.5 Å². The zero-order valence-electron chi connectivity index (χ0n) is 10.1. The minimum Gasteiger partial charge on any atom is -0.481 e. The Morgan fingerprint density at radius 3 is 3.00 bits per heavy atom. The van der Waals surface area contributed by atoms with E-state index in [9.17, 15) is 0 Å². The highest BCUT2D eigenvalue weighted by Crippen LogP contribution is 2.08. The molecule has 0 amide bonds. The van der Waals surface area contributed by atoms with Crippen LogP contribution in [0.1, 0.15) is 12.1 Å². The van der Waals surface area contributed by atoms with Crippen LogP contribution in [-0.2, 0) is 6.54 Å². The molecular weight excluding hydrogens is 220 g/mol. The van der Waals surface area contributed by atoms with Gasteiger partial charge in [0.2, 0.25) is 5.88 Å². The molecule has 0 fully saturated rings. The van der Waals surface area contributed by atoms with Gasteiger partial charge in [-0.2, -0.15) is 0 Å². The lowest BCUT2D eigenvalue weighted by Gasteiger charge is -2.15. The molecule has 0 saturated carbocycles. The van der Waals surface area contributed by atoms with E-state index in [0.717, 1.165) is 5.69 Å². The van der Waals surface area contributed by atoms with Gasteiger partial charge in [-0.25, -0.2) is 4.98 Å². The number of ether oxygens (including phenoxy) is 1. The summed E-state index contributed by atoms with van der Waals surface area (Å²) in [5.74, 6) is 0.836. The molecule has 6 heteroatoms. The number of hydrogen-bond acceptors (Lipinski definition) is 5. The first kappa shape index (κ1) is 13.2. The first-order chi connectivity index (χ1) is 8.15. The van der Waals surface area contributed by atoms with Gasteiger partial charge in [0.1, 0.15) is 5.84 Å². The SMILES string of the molecule is COc1cccc(CN(C)CCC(N)=NO)n1. The second kappa shape index (κ2) is 6.70. The quantitative estimate of drug-likeness (QED) is 0.329. The number of rotatable bonds is 6. The van der Waals surface area contributed by atoms with Crippen molar-refractivity contribution in [2.75, 3.05) is 20.7 Å². The number of pyridine rings is 1. The summed E-state index contributed by atoms with van der Waals surface area (Å²) in [5.41, 5.74) is 6.32. The zero-order valence-corrected chi connectivity index (χ0v) is 10.1. The van der Waals surface area contributed by atoms with Gasteiger partial charge in [0.15, 0.2) is 0 Å². The van der Waals surface area contributed by atoms with E-state index in [4.69, 9.17) is 15.7 Å². The fourth-order valence-electron chi connectivity index (χ4n) is 1.37. The summed E-state index contributed by atoms with van der Waals surface area (Å²) in [6.07, 6.45) is 0.525. The zero-order chi connectivity index (χ0) is 12.7. The molecule has 1 rings (SSSR count). The van der Waals surface area contributed by atoms with Gasteiger partial charge < -0.3 is 20.6 Å². The maximum absolute atomic E-state index is 8.42. The highest BCUT2D eigenvalue weighted by molar-refractivity contribution is 5.79. The second-order valence-electron chi connectivity index (χ2n) is 3.75. The van der Waals surface area contributed by atoms with Crippen LogP contribution in [0.4, 0.5) is 0 Å². The number of methoxy groups -OCH3 is 1. The van der Waals surface area contributed by atoms with E-state index in [-0.39, 0.29) is 5.84 Å². The minimum atomic E-state index is 0.232. The van der Waals surface area contributed by atoms with E-state index in [0.29, 0.717) is 25.4 Å². The average Bonchev–Trinajstić information content (AvgIpc) is 2.36. The van der Waals surface area contributed by atoms with Crippen LogP contribution in [0.15, 0.2) is 23.4 Å². The first-order valence-corrected chi connectivity index (χ1v) is 5.30. The molecule has 1 aromatic heterocycles. The maximum Gasteiger partial charge on any atom is 0.213 e. The fraction of sp³-hybridized carbons (Fsp3) is 0.455. The number of aromatic nitrogens is 1. The third-order valence-electron chi connectivity index (χ3n) is 2.30. The Bertz CT molecular complexity index is 381. The molecule has 0 aliphatic rings. The molecule has 0 unspecified atom stereocenters. The van der Waals surface area contributed by atoms with E-state index >= 15 is 0 Å². The molecule has 0 atom stereocenters. The van der Waals surface area contributed by atoms with Gasteiger partial charge >= 0.3 is 0 Å². The molecule has 17 heavy (non-hydrogen) atoms. The topological polar surface area (TPSA) is 84.0 Å². The van der Waals surface area contributed by atoms with Crippen molar-refractivity contribution in [1.29, 1.82) is 0 Å². The van der Waals surface area contributed by atoms with Crippen molar-refractivity contribution >= 4 is 5.84 Å². The summed E-state index contributed by atoms with van der Waals surface area (Å²) in [4.78, 5) is 6.35. The van der Waals surface area contributed by atoms with Gasteiger partial charge in [-0.3, -0.25) is 0 Å². The number of nitrogens with two attached hydrogens (primary N) is 1. The molecule has 0 bridgehead atoms. The van der Waals surface area contributed by atoms with Crippen molar-refractivity contribution in [1.82, 2.24) is 9.88 Å².